The summed E-state index contributed by atoms with van der Waals surface area (Å²) in [6.07, 6.45) is 39.0. The van der Waals surface area contributed by atoms with Crippen molar-refractivity contribution in [2.45, 2.75) is 278 Å². The fourth-order valence-electron chi connectivity index (χ4n) is 7.91. The maximum atomic E-state index is 13.3. The molecule has 0 aromatic carbocycles. The minimum absolute atomic E-state index is 0.241. The first-order valence-electron chi connectivity index (χ1n) is 25.1. The molecule has 356 valence electrons. The number of esters is 4. The third kappa shape index (κ3) is 38.5. The van der Waals surface area contributed by atoms with Gasteiger partial charge in [0, 0.05) is 34.1 Å². The first kappa shape index (κ1) is 58.1. The second-order valence-electron chi connectivity index (χ2n) is 17.4. The fraction of sp³-hybridized carbons (Fsp3) is 0.863. The second-order valence-corrected chi connectivity index (χ2v) is 17.4. The Hall–Kier alpha value is -2.91. The predicted octanol–water partition coefficient (Wildman–Crippen LogP) is 13.3. The Morgan fingerprint density at radius 3 is 1.23 bits per heavy atom. The van der Waals surface area contributed by atoms with Crippen LogP contribution in [0.2, 0.25) is 0 Å². The van der Waals surface area contributed by atoms with Gasteiger partial charge in [-0.3, -0.25) is 24.0 Å². The molecule has 0 radical (unpaired) electrons. The fourth-order valence-corrected chi connectivity index (χ4v) is 7.91. The van der Waals surface area contributed by atoms with Gasteiger partial charge in [-0.2, -0.15) is 0 Å². The van der Waals surface area contributed by atoms with Crippen molar-refractivity contribution >= 4 is 29.8 Å². The Kier molecular flexibility index (Phi) is 40.4. The molecule has 0 aromatic rings. The molecule has 0 saturated heterocycles. The van der Waals surface area contributed by atoms with Crippen LogP contribution in [-0.2, 0) is 42.9 Å². The van der Waals surface area contributed by atoms with Gasteiger partial charge in [0.25, 0.3) is 0 Å². The highest BCUT2D eigenvalue weighted by Crippen LogP contribution is 2.23. The normalized spacial score (nSPS) is 13.3. The van der Waals surface area contributed by atoms with E-state index in [1.165, 1.54) is 175 Å². The monoisotopic (exact) mass is 864 g/mol. The highest BCUT2D eigenvalue weighted by molar-refractivity contribution is 5.76. The van der Waals surface area contributed by atoms with E-state index in [-0.39, 0.29) is 18.9 Å². The van der Waals surface area contributed by atoms with Crippen molar-refractivity contribution in [2.75, 3.05) is 6.61 Å². The average molecular weight is 864 g/mol. The van der Waals surface area contributed by atoms with Gasteiger partial charge in [-0.25, -0.2) is 0 Å². The molecule has 0 bridgehead atoms. The number of rotatable bonds is 43. The molecule has 61 heavy (non-hydrogen) atoms. The minimum atomic E-state index is -1.28. The Morgan fingerprint density at radius 1 is 0.426 bits per heavy atom. The molecule has 0 heterocycles. The van der Waals surface area contributed by atoms with Gasteiger partial charge in [-0.15, -0.1) is 0 Å². The van der Waals surface area contributed by atoms with Crippen LogP contribution >= 0.6 is 0 Å². The van der Waals surface area contributed by atoms with E-state index in [4.69, 9.17) is 18.9 Å². The van der Waals surface area contributed by atoms with E-state index in [0.717, 1.165) is 38.5 Å². The molecule has 0 saturated carbocycles. The van der Waals surface area contributed by atoms with Crippen LogP contribution in [-0.4, -0.2) is 60.7 Å². The second kappa shape index (κ2) is 42.4. The Bertz CT molecular complexity index is 1130. The van der Waals surface area contributed by atoms with E-state index in [2.05, 4.69) is 31.3 Å². The molecule has 0 unspecified atom stereocenters. The molecule has 0 fully saturated rings. The van der Waals surface area contributed by atoms with Crippen molar-refractivity contribution in [3.05, 3.63) is 12.2 Å². The Morgan fingerprint density at radius 2 is 0.803 bits per heavy atom. The molecule has 0 spiro atoms. The third-order valence-corrected chi connectivity index (χ3v) is 11.3. The molecule has 0 aromatic heterocycles. The van der Waals surface area contributed by atoms with Gasteiger partial charge in [0.15, 0.2) is 12.2 Å². The molecule has 0 aliphatic rings. The summed E-state index contributed by atoms with van der Waals surface area (Å²) in [5.41, 5.74) is 0. The average Bonchev–Trinajstić information content (AvgIpc) is 3.21. The van der Waals surface area contributed by atoms with Gasteiger partial charge in [-0.05, 0) is 38.5 Å². The maximum Gasteiger partial charge on any atom is 0.303 e. The van der Waals surface area contributed by atoms with E-state index in [1.54, 1.807) is 0 Å². The zero-order valence-corrected chi connectivity index (χ0v) is 40.2. The highest BCUT2D eigenvalue weighted by atomic mass is 16.6. The third-order valence-electron chi connectivity index (χ3n) is 11.3. The lowest BCUT2D eigenvalue weighted by Crippen LogP contribution is -2.57. The number of nitrogens with one attached hydrogen (secondary N) is 1. The number of amides is 1. The van der Waals surface area contributed by atoms with Gasteiger partial charge in [0.2, 0.25) is 5.91 Å². The Labute approximate surface area is 373 Å². The quantitative estimate of drug-likeness (QED) is 0.0275. The number of allylic oxidation sites excluding steroid dienone is 2. The summed E-state index contributed by atoms with van der Waals surface area (Å²) in [5.74, 6) is -2.80. The van der Waals surface area contributed by atoms with Gasteiger partial charge >= 0.3 is 23.9 Å². The molecule has 10 nitrogen and oxygen atoms in total. The van der Waals surface area contributed by atoms with Gasteiger partial charge in [0.05, 0.1) is 0 Å². The van der Waals surface area contributed by atoms with E-state index in [9.17, 15) is 24.0 Å². The molecule has 0 aliphatic heterocycles. The smallest absolute Gasteiger partial charge is 0.303 e. The summed E-state index contributed by atoms with van der Waals surface area (Å²) in [7, 11) is 0. The zero-order chi connectivity index (χ0) is 45.2. The van der Waals surface area contributed by atoms with Crippen LogP contribution in [0.1, 0.15) is 253 Å². The van der Waals surface area contributed by atoms with Crippen LogP contribution in [0, 0.1) is 0 Å². The number of ether oxygens (including phenoxy) is 4. The highest BCUT2D eigenvalue weighted by Gasteiger charge is 2.42. The molecule has 1 N–H and O–H groups in total. The van der Waals surface area contributed by atoms with Crippen LogP contribution in [0.4, 0.5) is 0 Å². The van der Waals surface area contributed by atoms with Crippen LogP contribution in [0.3, 0.4) is 0 Å². The van der Waals surface area contributed by atoms with Crippen molar-refractivity contribution in [3.63, 3.8) is 0 Å². The Balaban J connectivity index is 5.02. The molecule has 4 atom stereocenters. The van der Waals surface area contributed by atoms with E-state index in [1.807, 2.05) is 0 Å². The molecular formula is C51H93NO9. The lowest BCUT2D eigenvalue weighted by atomic mass is 9.95. The number of hydrogen-bond donors (Lipinski definition) is 1. The van der Waals surface area contributed by atoms with Crippen molar-refractivity contribution in [1.82, 2.24) is 5.32 Å². The maximum absolute atomic E-state index is 13.3. The van der Waals surface area contributed by atoms with Crippen molar-refractivity contribution in [3.8, 4) is 0 Å². The lowest BCUT2D eigenvalue weighted by molar-refractivity contribution is -0.188. The predicted molar refractivity (Wildman–Crippen MR) is 248 cm³/mol. The van der Waals surface area contributed by atoms with Gasteiger partial charge < -0.3 is 24.3 Å². The number of hydrogen-bond acceptors (Lipinski definition) is 9. The SMILES string of the molecule is CCCC/C=C/CCCCCCCCCCCCCC[C@H](OC(C)=O)[C@H](OC(C)=O)[C@H](OC(C)=O)[C@@H](COC(C)=O)NC(=O)CCCCCCCCCCCCCCCCC. The van der Waals surface area contributed by atoms with E-state index < -0.39 is 48.2 Å². The molecule has 0 rings (SSSR count). The minimum Gasteiger partial charge on any atom is -0.464 e. The summed E-state index contributed by atoms with van der Waals surface area (Å²) >= 11 is 0. The molecule has 10 heteroatoms. The van der Waals surface area contributed by atoms with Crippen LogP contribution < -0.4 is 5.32 Å². The van der Waals surface area contributed by atoms with Gasteiger partial charge in [-0.1, -0.05) is 193 Å². The molecule has 0 aliphatic carbocycles. The largest absolute Gasteiger partial charge is 0.464 e. The first-order valence-corrected chi connectivity index (χ1v) is 25.1. The molecular weight excluding hydrogens is 771 g/mol. The summed E-state index contributed by atoms with van der Waals surface area (Å²) in [5, 5.41) is 2.89. The van der Waals surface area contributed by atoms with Gasteiger partial charge in [0.1, 0.15) is 18.8 Å². The van der Waals surface area contributed by atoms with Crippen molar-refractivity contribution < 1.29 is 42.9 Å². The van der Waals surface area contributed by atoms with Crippen LogP contribution in [0.25, 0.3) is 0 Å². The standard InChI is InChI=1S/C51H93NO9/c1-7-9-11-13-15-17-19-21-23-24-25-27-28-30-32-34-36-38-40-48(59-44(4)54)51(61-46(6)56)50(60-45(5)55)47(42-58-43(3)53)52-49(57)41-39-37-35-33-31-29-26-22-20-18-16-14-12-10-8-2/h13,15,47-48,50-51H,7-12,14,16-42H2,1-6H3,(H,52,57)/b15-13+/t47-,48+,50-,51+/m1/s1. The van der Waals surface area contributed by atoms with Crippen molar-refractivity contribution in [2.24, 2.45) is 0 Å². The summed E-state index contributed by atoms with van der Waals surface area (Å²) < 4.78 is 22.5. The van der Waals surface area contributed by atoms with Crippen LogP contribution in [0.5, 0.6) is 0 Å². The van der Waals surface area contributed by atoms with E-state index in [0.29, 0.717) is 19.3 Å². The summed E-state index contributed by atoms with van der Waals surface area (Å²) in [6.45, 7) is 9.14. The summed E-state index contributed by atoms with van der Waals surface area (Å²) in [6, 6.07) is -1.04. The molecule has 1 amide bonds. The van der Waals surface area contributed by atoms with Crippen LogP contribution in [0.15, 0.2) is 12.2 Å². The zero-order valence-electron chi connectivity index (χ0n) is 40.2. The topological polar surface area (TPSA) is 134 Å². The summed E-state index contributed by atoms with van der Waals surface area (Å²) in [4.78, 5) is 62.5. The number of carbonyl (C=O) groups excluding carboxylic acids is 5. The first-order chi connectivity index (χ1) is 29.5. The van der Waals surface area contributed by atoms with Crippen molar-refractivity contribution in [1.29, 1.82) is 0 Å². The van der Waals surface area contributed by atoms with E-state index >= 15 is 0 Å². The number of unbranched alkanes of at least 4 members (excludes halogenated alkanes) is 28. The number of carbonyl (C=O) groups is 5. The lowest BCUT2D eigenvalue weighted by Gasteiger charge is -2.36.